The van der Waals surface area contributed by atoms with Gasteiger partial charge < -0.3 is 10.6 Å². The van der Waals surface area contributed by atoms with Crippen molar-refractivity contribution in [2.45, 2.75) is 12.8 Å². The number of amides is 1. The van der Waals surface area contributed by atoms with Crippen molar-refractivity contribution >= 4 is 33.2 Å². The highest BCUT2D eigenvalue weighted by Crippen LogP contribution is 2.31. The van der Waals surface area contributed by atoms with E-state index in [0.29, 0.717) is 17.8 Å². The quantitative estimate of drug-likeness (QED) is 0.811. The molecule has 1 aliphatic heterocycles. The fourth-order valence-electron chi connectivity index (χ4n) is 2.65. The predicted molar refractivity (Wildman–Crippen MR) is 85.0 cm³/mol. The van der Waals surface area contributed by atoms with Crippen LogP contribution < -0.4 is 10.6 Å². The van der Waals surface area contributed by atoms with Crippen LogP contribution in [-0.2, 0) is 6.42 Å². The summed E-state index contributed by atoms with van der Waals surface area (Å²) >= 11 is 3.52. The Bertz CT molecular complexity index is 669. The molecule has 20 heavy (non-hydrogen) atoms. The van der Waals surface area contributed by atoms with E-state index in [9.17, 15) is 4.79 Å². The van der Waals surface area contributed by atoms with Crippen LogP contribution in [0, 0.1) is 0 Å². The van der Waals surface area contributed by atoms with E-state index in [1.807, 2.05) is 41.3 Å². The van der Waals surface area contributed by atoms with Crippen LogP contribution in [0.25, 0.3) is 0 Å². The van der Waals surface area contributed by atoms with Gasteiger partial charge in [0.15, 0.2) is 0 Å². The van der Waals surface area contributed by atoms with Crippen LogP contribution >= 0.6 is 15.9 Å². The Kier molecular flexibility index (Phi) is 3.49. The molecule has 0 aliphatic carbocycles. The zero-order chi connectivity index (χ0) is 14.1. The fourth-order valence-corrected chi connectivity index (χ4v) is 3.15. The molecule has 0 saturated heterocycles. The van der Waals surface area contributed by atoms with E-state index in [0.717, 1.165) is 28.6 Å². The number of nitrogens with zero attached hydrogens (tertiary/aromatic N) is 1. The van der Waals surface area contributed by atoms with E-state index in [4.69, 9.17) is 5.73 Å². The van der Waals surface area contributed by atoms with Gasteiger partial charge in [0.2, 0.25) is 0 Å². The summed E-state index contributed by atoms with van der Waals surface area (Å²) in [7, 11) is 0. The standard InChI is InChI=1S/C16H15BrN2O/c17-12-7-1-2-9-14(12)19-10-4-6-11-5-3-8-13(18)15(11)16(19)20/h1-3,5,7-9H,4,6,10,18H2. The Balaban J connectivity index is 2.10. The number of benzene rings is 2. The number of fused-ring (bicyclic) bond motifs is 1. The Labute approximate surface area is 126 Å². The Morgan fingerprint density at radius 2 is 1.90 bits per heavy atom. The number of aryl methyl sites for hydroxylation is 1. The molecule has 2 aromatic rings. The SMILES string of the molecule is Nc1cccc2c1C(=O)N(c1ccccc1Br)CCC2. The molecule has 2 aromatic carbocycles. The summed E-state index contributed by atoms with van der Waals surface area (Å²) in [6, 6.07) is 13.5. The minimum Gasteiger partial charge on any atom is -0.398 e. The smallest absolute Gasteiger partial charge is 0.260 e. The summed E-state index contributed by atoms with van der Waals surface area (Å²) in [5.74, 6) is -0.0116. The van der Waals surface area contributed by atoms with Crippen molar-refractivity contribution in [1.29, 1.82) is 0 Å². The maximum absolute atomic E-state index is 12.8. The first kappa shape index (κ1) is 13.2. The van der Waals surface area contributed by atoms with E-state index in [1.165, 1.54) is 0 Å². The molecular weight excluding hydrogens is 316 g/mol. The second kappa shape index (κ2) is 5.29. The Morgan fingerprint density at radius 3 is 2.70 bits per heavy atom. The molecule has 2 N–H and O–H groups in total. The third-order valence-corrected chi connectivity index (χ3v) is 4.28. The molecule has 1 amide bonds. The number of anilines is 2. The zero-order valence-corrected chi connectivity index (χ0v) is 12.6. The predicted octanol–water partition coefficient (Wildman–Crippen LogP) is 3.62. The molecule has 0 radical (unpaired) electrons. The van der Waals surface area contributed by atoms with Crippen molar-refractivity contribution in [2.24, 2.45) is 0 Å². The zero-order valence-electron chi connectivity index (χ0n) is 11.0. The molecule has 0 saturated carbocycles. The summed E-state index contributed by atoms with van der Waals surface area (Å²) in [5, 5.41) is 0. The van der Waals surface area contributed by atoms with Crippen molar-refractivity contribution in [3.63, 3.8) is 0 Å². The van der Waals surface area contributed by atoms with Gasteiger partial charge in [-0.05, 0) is 52.5 Å². The van der Waals surface area contributed by atoms with Crippen LogP contribution in [0.3, 0.4) is 0 Å². The molecule has 0 fully saturated rings. The molecule has 4 heteroatoms. The van der Waals surface area contributed by atoms with Gasteiger partial charge in [-0.15, -0.1) is 0 Å². The summed E-state index contributed by atoms with van der Waals surface area (Å²) < 4.78 is 0.923. The van der Waals surface area contributed by atoms with Gasteiger partial charge >= 0.3 is 0 Å². The van der Waals surface area contributed by atoms with Crippen molar-refractivity contribution in [1.82, 2.24) is 0 Å². The monoisotopic (exact) mass is 330 g/mol. The van der Waals surface area contributed by atoms with Crippen LogP contribution in [0.5, 0.6) is 0 Å². The molecule has 1 aliphatic rings. The average molecular weight is 331 g/mol. The number of nitrogens with two attached hydrogens (primary N) is 1. The topological polar surface area (TPSA) is 46.3 Å². The number of hydrogen-bond acceptors (Lipinski definition) is 2. The minimum absolute atomic E-state index is 0.0116. The lowest BCUT2D eigenvalue weighted by Gasteiger charge is -2.22. The maximum atomic E-state index is 12.8. The molecule has 102 valence electrons. The second-order valence-corrected chi connectivity index (χ2v) is 5.75. The summed E-state index contributed by atoms with van der Waals surface area (Å²) in [5.41, 5.74) is 9.18. The van der Waals surface area contributed by atoms with Gasteiger partial charge in [-0.2, -0.15) is 0 Å². The molecule has 3 rings (SSSR count). The summed E-state index contributed by atoms with van der Waals surface area (Å²) in [6.45, 7) is 0.704. The number of hydrogen-bond donors (Lipinski definition) is 1. The van der Waals surface area contributed by atoms with Crippen LogP contribution in [0.4, 0.5) is 11.4 Å². The molecule has 3 nitrogen and oxygen atoms in total. The largest absolute Gasteiger partial charge is 0.398 e. The van der Waals surface area contributed by atoms with Crippen LogP contribution in [0.2, 0.25) is 0 Å². The van der Waals surface area contributed by atoms with Crippen LogP contribution in [-0.4, -0.2) is 12.5 Å². The first-order valence-corrected chi connectivity index (χ1v) is 7.41. The minimum atomic E-state index is -0.0116. The number of nitrogen functional groups attached to an aromatic ring is 1. The molecular formula is C16H15BrN2O. The van der Waals surface area contributed by atoms with Gasteiger partial charge in [0.25, 0.3) is 5.91 Å². The van der Waals surface area contributed by atoms with Gasteiger partial charge in [-0.3, -0.25) is 4.79 Å². The highest BCUT2D eigenvalue weighted by molar-refractivity contribution is 9.10. The highest BCUT2D eigenvalue weighted by atomic mass is 79.9. The number of para-hydroxylation sites is 1. The van der Waals surface area contributed by atoms with E-state index < -0.39 is 0 Å². The average Bonchev–Trinajstić information content (AvgIpc) is 2.60. The first-order valence-electron chi connectivity index (χ1n) is 6.62. The lowest BCUT2D eigenvalue weighted by atomic mass is 10.0. The summed E-state index contributed by atoms with van der Waals surface area (Å²) in [6.07, 6.45) is 1.82. The molecule has 0 bridgehead atoms. The Morgan fingerprint density at radius 1 is 1.10 bits per heavy atom. The number of halogens is 1. The maximum Gasteiger partial charge on any atom is 0.260 e. The Hall–Kier alpha value is -1.81. The van der Waals surface area contributed by atoms with Crippen molar-refractivity contribution in [3.05, 3.63) is 58.1 Å². The lowest BCUT2D eigenvalue weighted by Crippen LogP contribution is -2.31. The first-order chi connectivity index (χ1) is 9.68. The molecule has 0 aromatic heterocycles. The van der Waals surface area contributed by atoms with Gasteiger partial charge in [0.05, 0.1) is 11.3 Å². The van der Waals surface area contributed by atoms with E-state index >= 15 is 0 Å². The highest BCUT2D eigenvalue weighted by Gasteiger charge is 2.26. The fraction of sp³-hybridized carbons (Fsp3) is 0.188. The number of carbonyl (C=O) groups is 1. The van der Waals surface area contributed by atoms with E-state index in [-0.39, 0.29) is 5.91 Å². The molecule has 1 heterocycles. The number of rotatable bonds is 1. The molecule has 0 spiro atoms. The second-order valence-electron chi connectivity index (χ2n) is 4.89. The summed E-state index contributed by atoms with van der Waals surface area (Å²) in [4.78, 5) is 14.6. The lowest BCUT2D eigenvalue weighted by molar-refractivity contribution is 0.0989. The van der Waals surface area contributed by atoms with Gasteiger partial charge in [0.1, 0.15) is 0 Å². The normalized spacial score (nSPS) is 14.8. The van der Waals surface area contributed by atoms with Gasteiger partial charge in [-0.1, -0.05) is 24.3 Å². The third-order valence-electron chi connectivity index (χ3n) is 3.61. The van der Waals surface area contributed by atoms with Crippen molar-refractivity contribution in [3.8, 4) is 0 Å². The number of carbonyl (C=O) groups excluding carboxylic acids is 1. The van der Waals surface area contributed by atoms with Crippen LogP contribution in [0.15, 0.2) is 46.9 Å². The molecule has 0 atom stereocenters. The van der Waals surface area contributed by atoms with Gasteiger partial charge in [-0.25, -0.2) is 0 Å². The van der Waals surface area contributed by atoms with Crippen LogP contribution in [0.1, 0.15) is 22.3 Å². The van der Waals surface area contributed by atoms with E-state index in [1.54, 1.807) is 6.07 Å². The molecule has 0 unspecified atom stereocenters. The van der Waals surface area contributed by atoms with Gasteiger partial charge in [0, 0.05) is 16.7 Å². The van der Waals surface area contributed by atoms with Crippen molar-refractivity contribution in [2.75, 3.05) is 17.2 Å². The van der Waals surface area contributed by atoms with E-state index in [2.05, 4.69) is 15.9 Å². The third kappa shape index (κ3) is 2.20. The van der Waals surface area contributed by atoms with Crippen molar-refractivity contribution < 1.29 is 4.79 Å².